The summed E-state index contributed by atoms with van der Waals surface area (Å²) in [5.74, 6) is -0.220. The number of amides is 1. The molecule has 1 N–H and O–H groups in total. The predicted octanol–water partition coefficient (Wildman–Crippen LogP) is 4.94. The molecule has 144 valence electrons. The lowest BCUT2D eigenvalue weighted by molar-refractivity contribution is 0.101. The molecule has 0 saturated carbocycles. The van der Waals surface area contributed by atoms with Crippen molar-refractivity contribution in [1.82, 2.24) is 14.8 Å². The summed E-state index contributed by atoms with van der Waals surface area (Å²) in [6.45, 7) is 3.97. The topological polar surface area (TPSA) is 59.8 Å². The molecule has 0 saturated heterocycles. The van der Waals surface area contributed by atoms with Crippen molar-refractivity contribution >= 4 is 11.6 Å². The molecular weight excluding hydrogens is 367 g/mol. The number of carbonyl (C=O) groups excluding carboxylic acids is 1. The number of aryl methyl sites for hydroxylation is 2. The second-order valence-electron chi connectivity index (χ2n) is 6.83. The van der Waals surface area contributed by atoms with Crippen LogP contribution in [0.4, 0.5) is 10.1 Å². The SMILES string of the molecule is Cc1ccc(NC(=O)c2nc(-c3ccc(C)cc3)n(-c3ccc(F)cc3)n2)cc1. The van der Waals surface area contributed by atoms with Gasteiger partial charge in [0.15, 0.2) is 5.82 Å². The standard InChI is InChI=1S/C23H19FN4O/c1-15-3-7-17(8-4-15)22-26-21(23(29)25-19-11-5-16(2)6-12-19)27-28(22)20-13-9-18(24)10-14-20/h3-14H,1-2H3,(H,25,29). The smallest absolute Gasteiger partial charge is 0.295 e. The number of aromatic nitrogens is 3. The van der Waals surface area contributed by atoms with Gasteiger partial charge in [-0.15, -0.1) is 5.10 Å². The van der Waals surface area contributed by atoms with Crippen LogP contribution in [0.1, 0.15) is 21.7 Å². The Morgan fingerprint density at radius 1 is 0.862 bits per heavy atom. The molecule has 5 nitrogen and oxygen atoms in total. The van der Waals surface area contributed by atoms with E-state index >= 15 is 0 Å². The van der Waals surface area contributed by atoms with E-state index in [1.165, 1.54) is 12.1 Å². The van der Waals surface area contributed by atoms with Crippen molar-refractivity contribution in [2.75, 3.05) is 5.32 Å². The van der Waals surface area contributed by atoms with Crippen LogP contribution in [0.15, 0.2) is 72.8 Å². The quantitative estimate of drug-likeness (QED) is 0.540. The maximum absolute atomic E-state index is 13.4. The Balaban J connectivity index is 1.74. The molecule has 0 spiro atoms. The molecule has 0 atom stereocenters. The van der Waals surface area contributed by atoms with Crippen molar-refractivity contribution < 1.29 is 9.18 Å². The van der Waals surface area contributed by atoms with Gasteiger partial charge in [-0.25, -0.2) is 14.1 Å². The number of hydrogen-bond donors (Lipinski definition) is 1. The predicted molar refractivity (Wildman–Crippen MR) is 111 cm³/mol. The minimum Gasteiger partial charge on any atom is -0.319 e. The van der Waals surface area contributed by atoms with Crippen molar-refractivity contribution in [2.45, 2.75) is 13.8 Å². The van der Waals surface area contributed by atoms with Gasteiger partial charge in [-0.3, -0.25) is 4.79 Å². The fourth-order valence-electron chi connectivity index (χ4n) is 2.88. The summed E-state index contributed by atoms with van der Waals surface area (Å²) in [5.41, 5.74) is 4.29. The molecule has 0 aliphatic rings. The Hall–Kier alpha value is -3.80. The van der Waals surface area contributed by atoms with Crippen LogP contribution in [-0.4, -0.2) is 20.7 Å². The molecule has 0 aliphatic carbocycles. The normalized spacial score (nSPS) is 10.7. The van der Waals surface area contributed by atoms with Gasteiger partial charge in [-0.2, -0.15) is 0 Å². The molecule has 0 radical (unpaired) electrons. The van der Waals surface area contributed by atoms with E-state index in [9.17, 15) is 9.18 Å². The number of hydrogen-bond acceptors (Lipinski definition) is 3. The van der Waals surface area contributed by atoms with Crippen molar-refractivity contribution in [2.24, 2.45) is 0 Å². The molecule has 1 aromatic heterocycles. The third-order valence-electron chi connectivity index (χ3n) is 4.50. The van der Waals surface area contributed by atoms with Crippen LogP contribution in [0, 0.1) is 19.7 Å². The zero-order valence-electron chi connectivity index (χ0n) is 16.1. The Kier molecular flexibility index (Phi) is 4.91. The lowest BCUT2D eigenvalue weighted by Gasteiger charge is -2.06. The van der Waals surface area contributed by atoms with Crippen molar-refractivity contribution in [1.29, 1.82) is 0 Å². The van der Waals surface area contributed by atoms with Crippen molar-refractivity contribution in [3.63, 3.8) is 0 Å². The summed E-state index contributed by atoms with van der Waals surface area (Å²) in [7, 11) is 0. The molecule has 0 bridgehead atoms. The summed E-state index contributed by atoms with van der Waals surface area (Å²) in [6, 6.07) is 21.1. The highest BCUT2D eigenvalue weighted by Gasteiger charge is 2.19. The van der Waals surface area contributed by atoms with Gasteiger partial charge in [-0.05, 0) is 50.2 Å². The zero-order chi connectivity index (χ0) is 20.4. The first-order valence-corrected chi connectivity index (χ1v) is 9.18. The first-order valence-electron chi connectivity index (χ1n) is 9.18. The van der Waals surface area contributed by atoms with Crippen LogP contribution in [-0.2, 0) is 0 Å². The second kappa shape index (κ2) is 7.67. The summed E-state index contributed by atoms with van der Waals surface area (Å²) < 4.78 is 14.9. The number of anilines is 1. The van der Waals surface area contributed by atoms with E-state index in [0.717, 1.165) is 16.7 Å². The lowest BCUT2D eigenvalue weighted by Crippen LogP contribution is -2.14. The van der Waals surface area contributed by atoms with Crippen molar-refractivity contribution in [3.8, 4) is 17.1 Å². The van der Waals surface area contributed by atoms with Crippen LogP contribution in [0.3, 0.4) is 0 Å². The molecule has 1 amide bonds. The van der Waals surface area contributed by atoms with Crippen LogP contribution < -0.4 is 5.32 Å². The molecular formula is C23H19FN4O. The number of nitrogens with one attached hydrogen (secondary N) is 1. The lowest BCUT2D eigenvalue weighted by atomic mass is 10.1. The van der Waals surface area contributed by atoms with E-state index in [0.29, 0.717) is 17.2 Å². The maximum Gasteiger partial charge on any atom is 0.295 e. The average Bonchev–Trinajstić information content (AvgIpc) is 3.16. The average molecular weight is 386 g/mol. The summed E-state index contributed by atoms with van der Waals surface area (Å²) in [5, 5.41) is 7.20. The molecule has 29 heavy (non-hydrogen) atoms. The van der Waals surface area contributed by atoms with Gasteiger partial charge in [0.05, 0.1) is 5.69 Å². The minimum atomic E-state index is -0.414. The second-order valence-corrected chi connectivity index (χ2v) is 6.83. The highest BCUT2D eigenvalue weighted by molar-refractivity contribution is 6.01. The van der Waals surface area contributed by atoms with Gasteiger partial charge < -0.3 is 5.32 Å². The maximum atomic E-state index is 13.4. The monoisotopic (exact) mass is 386 g/mol. The summed E-state index contributed by atoms with van der Waals surface area (Å²) in [4.78, 5) is 17.2. The fourth-order valence-corrected chi connectivity index (χ4v) is 2.88. The Morgan fingerprint density at radius 2 is 1.45 bits per heavy atom. The summed E-state index contributed by atoms with van der Waals surface area (Å²) in [6.07, 6.45) is 0. The minimum absolute atomic E-state index is 0.0328. The van der Waals surface area contributed by atoms with Crippen LogP contribution in [0.25, 0.3) is 17.1 Å². The first kappa shape index (κ1) is 18.6. The highest BCUT2D eigenvalue weighted by Crippen LogP contribution is 2.22. The van der Waals surface area contributed by atoms with Gasteiger partial charge in [0, 0.05) is 11.3 Å². The van der Waals surface area contributed by atoms with Crippen molar-refractivity contribution in [3.05, 3.63) is 95.6 Å². The van der Waals surface area contributed by atoms with Gasteiger partial charge in [0.1, 0.15) is 5.82 Å². The van der Waals surface area contributed by atoms with Crippen LogP contribution in [0.5, 0.6) is 0 Å². The van der Waals surface area contributed by atoms with Gasteiger partial charge in [-0.1, -0.05) is 47.5 Å². The van der Waals surface area contributed by atoms with E-state index in [2.05, 4.69) is 15.4 Å². The third-order valence-corrected chi connectivity index (χ3v) is 4.50. The molecule has 1 heterocycles. The summed E-state index contributed by atoms with van der Waals surface area (Å²) >= 11 is 0. The Bertz CT molecular complexity index is 1080. The molecule has 0 fully saturated rings. The number of halogens is 1. The van der Waals surface area contributed by atoms with E-state index in [1.807, 2.05) is 62.4 Å². The Labute approximate surface area is 167 Å². The highest BCUT2D eigenvalue weighted by atomic mass is 19.1. The number of rotatable bonds is 4. The number of benzene rings is 3. The molecule has 0 unspecified atom stereocenters. The fraction of sp³-hybridized carbons (Fsp3) is 0.0870. The van der Waals surface area contributed by atoms with Gasteiger partial charge in [0.25, 0.3) is 5.91 Å². The van der Waals surface area contributed by atoms with E-state index in [1.54, 1.807) is 16.8 Å². The number of carbonyl (C=O) groups is 1. The molecule has 6 heteroatoms. The van der Waals surface area contributed by atoms with E-state index in [4.69, 9.17) is 0 Å². The van der Waals surface area contributed by atoms with E-state index in [-0.39, 0.29) is 11.6 Å². The molecule has 4 rings (SSSR count). The first-order chi connectivity index (χ1) is 14.0. The molecule has 0 aliphatic heterocycles. The largest absolute Gasteiger partial charge is 0.319 e. The van der Waals surface area contributed by atoms with Gasteiger partial charge in [0.2, 0.25) is 5.82 Å². The zero-order valence-corrected chi connectivity index (χ0v) is 16.1. The molecule has 4 aromatic rings. The third kappa shape index (κ3) is 4.06. The Morgan fingerprint density at radius 3 is 2.07 bits per heavy atom. The van der Waals surface area contributed by atoms with Crippen LogP contribution in [0.2, 0.25) is 0 Å². The number of nitrogens with zero attached hydrogens (tertiary/aromatic N) is 3. The van der Waals surface area contributed by atoms with E-state index < -0.39 is 5.91 Å². The molecule has 3 aromatic carbocycles. The van der Waals surface area contributed by atoms with Gasteiger partial charge >= 0.3 is 0 Å². The van der Waals surface area contributed by atoms with Crippen LogP contribution >= 0.6 is 0 Å².